The Labute approximate surface area is 226 Å². The van der Waals surface area contributed by atoms with Crippen LogP contribution in [0.2, 0.25) is 20.1 Å². The Bertz CT molecular complexity index is 1190. The number of carbonyl (C=O) groups excluding carboxylic acids is 2. The molecule has 0 bridgehead atoms. The molecule has 0 fully saturated rings. The Morgan fingerprint density at radius 2 is 1.63 bits per heavy atom. The number of carbonyl (C=O) groups is 2. The van der Waals surface area contributed by atoms with E-state index < -0.39 is 28.5 Å². The van der Waals surface area contributed by atoms with E-state index in [4.69, 9.17) is 46.4 Å². The summed E-state index contributed by atoms with van der Waals surface area (Å²) in [6.45, 7) is 4.74. The molecule has 0 radical (unpaired) electrons. The molecule has 192 valence electrons. The van der Waals surface area contributed by atoms with Crippen LogP contribution in [0.4, 0.5) is 5.69 Å². The average Bonchev–Trinajstić information content (AvgIpc) is 2.77. The SMILES string of the molecule is CCC(C)NC(=O)C(C)N(Cc1ccc(Cl)cc1Cl)C(=O)CN(c1ccc(Cl)c(Cl)c1)S(C)(=O)=O. The van der Waals surface area contributed by atoms with Crippen molar-refractivity contribution in [2.45, 2.75) is 45.8 Å². The van der Waals surface area contributed by atoms with Crippen LogP contribution in [-0.4, -0.2) is 50.0 Å². The molecule has 35 heavy (non-hydrogen) atoms. The minimum atomic E-state index is -3.89. The summed E-state index contributed by atoms with van der Waals surface area (Å²) in [7, 11) is -3.89. The zero-order chi connectivity index (χ0) is 26.5. The van der Waals surface area contributed by atoms with E-state index in [0.29, 0.717) is 22.0 Å². The number of benzene rings is 2. The second-order valence-corrected chi connectivity index (χ2v) is 11.7. The van der Waals surface area contributed by atoms with Crippen molar-refractivity contribution in [2.24, 2.45) is 0 Å². The number of hydrogen-bond acceptors (Lipinski definition) is 4. The molecule has 2 atom stereocenters. The number of nitrogens with zero attached hydrogens (tertiary/aromatic N) is 2. The second-order valence-electron chi connectivity index (χ2n) is 8.12. The van der Waals surface area contributed by atoms with Gasteiger partial charge in [0.25, 0.3) is 0 Å². The summed E-state index contributed by atoms with van der Waals surface area (Å²) in [5.41, 5.74) is 0.712. The van der Waals surface area contributed by atoms with Crippen LogP contribution >= 0.6 is 46.4 Å². The van der Waals surface area contributed by atoms with E-state index in [0.717, 1.165) is 10.6 Å². The van der Waals surface area contributed by atoms with Gasteiger partial charge >= 0.3 is 0 Å². The molecule has 0 aliphatic rings. The number of sulfonamides is 1. The predicted molar refractivity (Wildman–Crippen MR) is 143 cm³/mol. The Morgan fingerprint density at radius 1 is 0.971 bits per heavy atom. The van der Waals surface area contributed by atoms with E-state index >= 15 is 0 Å². The van der Waals surface area contributed by atoms with Gasteiger partial charge in [-0.3, -0.25) is 13.9 Å². The summed E-state index contributed by atoms with van der Waals surface area (Å²) in [5.74, 6) is -0.988. The average molecular weight is 583 g/mol. The molecule has 2 aromatic carbocycles. The number of rotatable bonds is 10. The molecular weight excluding hydrogens is 556 g/mol. The largest absolute Gasteiger partial charge is 0.352 e. The van der Waals surface area contributed by atoms with Gasteiger partial charge in [-0.15, -0.1) is 0 Å². The first kappa shape index (κ1) is 29.5. The van der Waals surface area contributed by atoms with Crippen LogP contribution < -0.4 is 9.62 Å². The number of halogens is 4. The third-order valence-corrected chi connectivity index (χ3v) is 7.86. The highest BCUT2D eigenvalue weighted by molar-refractivity contribution is 7.92. The van der Waals surface area contributed by atoms with E-state index in [1.165, 1.54) is 29.2 Å². The summed E-state index contributed by atoms with van der Waals surface area (Å²) in [5, 5.41) is 3.96. The highest BCUT2D eigenvalue weighted by atomic mass is 35.5. The molecule has 0 aliphatic carbocycles. The van der Waals surface area contributed by atoms with E-state index in [-0.39, 0.29) is 34.2 Å². The Morgan fingerprint density at radius 3 is 2.17 bits per heavy atom. The zero-order valence-corrected chi connectivity index (χ0v) is 23.5. The van der Waals surface area contributed by atoms with Crippen molar-refractivity contribution in [3.63, 3.8) is 0 Å². The number of amides is 2. The van der Waals surface area contributed by atoms with Crippen LogP contribution in [0.25, 0.3) is 0 Å². The van der Waals surface area contributed by atoms with Crippen LogP contribution in [-0.2, 0) is 26.2 Å². The summed E-state index contributed by atoms with van der Waals surface area (Å²) in [6.07, 6.45) is 1.68. The third kappa shape index (κ3) is 8.15. The first-order valence-corrected chi connectivity index (χ1v) is 14.1. The lowest BCUT2D eigenvalue weighted by Crippen LogP contribution is -2.52. The first-order valence-electron chi connectivity index (χ1n) is 10.7. The third-order valence-electron chi connectivity index (χ3n) is 5.39. The van der Waals surface area contributed by atoms with Crippen molar-refractivity contribution >= 4 is 73.9 Å². The Kier molecular flexibility index (Phi) is 10.5. The van der Waals surface area contributed by atoms with Gasteiger partial charge in [-0.1, -0.05) is 59.4 Å². The fourth-order valence-electron chi connectivity index (χ4n) is 3.14. The summed E-state index contributed by atoms with van der Waals surface area (Å²) in [6, 6.07) is 8.02. The van der Waals surface area contributed by atoms with E-state index in [2.05, 4.69) is 5.32 Å². The minimum Gasteiger partial charge on any atom is -0.352 e. The normalized spacial score (nSPS) is 13.1. The lowest BCUT2D eigenvalue weighted by Gasteiger charge is -2.32. The van der Waals surface area contributed by atoms with Gasteiger partial charge in [0.05, 0.1) is 22.0 Å². The van der Waals surface area contributed by atoms with Crippen LogP contribution in [0.15, 0.2) is 36.4 Å². The minimum absolute atomic E-state index is 0.0388. The van der Waals surface area contributed by atoms with Crippen LogP contribution in [0.5, 0.6) is 0 Å². The maximum absolute atomic E-state index is 13.5. The maximum atomic E-state index is 13.5. The van der Waals surface area contributed by atoms with Crippen LogP contribution in [0.1, 0.15) is 32.8 Å². The molecule has 1 N–H and O–H groups in total. The molecule has 2 rings (SSSR count). The molecule has 0 spiro atoms. The molecule has 0 saturated carbocycles. The number of anilines is 1. The fourth-order valence-corrected chi connectivity index (χ4v) is 4.74. The van der Waals surface area contributed by atoms with Gasteiger partial charge in [0.15, 0.2) is 0 Å². The van der Waals surface area contributed by atoms with Crippen molar-refractivity contribution in [3.05, 3.63) is 62.1 Å². The molecule has 0 aliphatic heterocycles. The van der Waals surface area contributed by atoms with Crippen molar-refractivity contribution in [1.82, 2.24) is 10.2 Å². The van der Waals surface area contributed by atoms with Crippen molar-refractivity contribution in [2.75, 3.05) is 17.1 Å². The monoisotopic (exact) mass is 581 g/mol. The van der Waals surface area contributed by atoms with Crippen LogP contribution in [0.3, 0.4) is 0 Å². The highest BCUT2D eigenvalue weighted by Crippen LogP contribution is 2.29. The molecule has 0 heterocycles. The maximum Gasteiger partial charge on any atom is 0.244 e. The van der Waals surface area contributed by atoms with Crippen molar-refractivity contribution in [3.8, 4) is 0 Å². The molecule has 2 unspecified atom stereocenters. The molecular formula is C23H27Cl4N3O4S. The van der Waals surface area contributed by atoms with Gasteiger partial charge in [0.2, 0.25) is 21.8 Å². The van der Waals surface area contributed by atoms with Gasteiger partial charge in [-0.2, -0.15) is 0 Å². The van der Waals surface area contributed by atoms with Gasteiger partial charge < -0.3 is 10.2 Å². The van der Waals surface area contributed by atoms with Crippen LogP contribution in [0, 0.1) is 0 Å². The molecule has 7 nitrogen and oxygen atoms in total. The second kappa shape index (κ2) is 12.5. The van der Waals surface area contributed by atoms with E-state index in [9.17, 15) is 18.0 Å². The van der Waals surface area contributed by atoms with Gasteiger partial charge in [0.1, 0.15) is 12.6 Å². The fraction of sp³-hybridized carbons (Fsp3) is 0.391. The molecule has 2 amide bonds. The van der Waals surface area contributed by atoms with Gasteiger partial charge in [-0.05, 0) is 56.2 Å². The lowest BCUT2D eigenvalue weighted by molar-refractivity contribution is -0.139. The molecule has 0 aromatic heterocycles. The lowest BCUT2D eigenvalue weighted by atomic mass is 10.1. The smallest absolute Gasteiger partial charge is 0.244 e. The Hall–Kier alpha value is -1.71. The van der Waals surface area contributed by atoms with Gasteiger partial charge in [0, 0.05) is 22.6 Å². The van der Waals surface area contributed by atoms with Gasteiger partial charge in [-0.25, -0.2) is 8.42 Å². The summed E-state index contributed by atoms with van der Waals surface area (Å²) < 4.78 is 26.1. The standard InChI is InChI=1S/C23H27Cl4N3O4S/c1-5-14(2)28-23(32)15(3)29(12-16-6-7-17(24)10-20(16)26)22(31)13-30(35(4,33)34)18-8-9-19(25)21(27)11-18/h6-11,14-15H,5,12-13H2,1-4H3,(H,28,32). The van der Waals surface area contributed by atoms with E-state index in [1.54, 1.807) is 19.1 Å². The van der Waals surface area contributed by atoms with Crippen molar-refractivity contribution < 1.29 is 18.0 Å². The molecule has 12 heteroatoms. The Balaban J connectivity index is 2.44. The zero-order valence-electron chi connectivity index (χ0n) is 19.7. The molecule has 0 saturated heterocycles. The quantitative estimate of drug-likeness (QED) is 0.406. The first-order chi connectivity index (χ1) is 16.2. The highest BCUT2D eigenvalue weighted by Gasteiger charge is 2.31. The van der Waals surface area contributed by atoms with Crippen molar-refractivity contribution in [1.29, 1.82) is 0 Å². The number of hydrogen-bond donors (Lipinski definition) is 1. The van der Waals surface area contributed by atoms with E-state index in [1.807, 2.05) is 13.8 Å². The molecule has 2 aromatic rings. The predicted octanol–water partition coefficient (Wildman–Crippen LogP) is 5.40. The summed E-state index contributed by atoms with van der Waals surface area (Å²) in [4.78, 5) is 27.7. The number of nitrogens with one attached hydrogen (secondary N) is 1. The topological polar surface area (TPSA) is 86.8 Å². The summed E-state index contributed by atoms with van der Waals surface area (Å²) >= 11 is 24.3.